The number of hydrogen-bond donors (Lipinski definition) is 2. The standard InChI is InChI=1S/C14H23N3O/c1-11(7-8-15)10-16-14(18)12-5-4-6-13(9-12)17(2)3/h4-6,9,11H,7-8,10,15H2,1-3H3,(H,16,18). The van der Waals surface area contributed by atoms with Gasteiger partial charge in [0.25, 0.3) is 5.91 Å². The Kier molecular flexibility index (Phi) is 5.65. The number of hydrogen-bond acceptors (Lipinski definition) is 3. The molecule has 0 bridgehead atoms. The van der Waals surface area contributed by atoms with Gasteiger partial charge in [0.1, 0.15) is 0 Å². The predicted molar refractivity (Wildman–Crippen MR) is 75.9 cm³/mol. The van der Waals surface area contributed by atoms with Crippen molar-refractivity contribution < 1.29 is 4.79 Å². The first kappa shape index (κ1) is 14.5. The molecule has 1 rings (SSSR count). The Hall–Kier alpha value is -1.55. The maximum absolute atomic E-state index is 12.0. The molecule has 1 atom stereocenters. The topological polar surface area (TPSA) is 58.4 Å². The second-order valence-corrected chi connectivity index (χ2v) is 4.84. The van der Waals surface area contributed by atoms with Crippen LogP contribution in [0.3, 0.4) is 0 Å². The Labute approximate surface area is 109 Å². The van der Waals surface area contributed by atoms with E-state index in [1.165, 1.54) is 0 Å². The first-order valence-electron chi connectivity index (χ1n) is 6.30. The zero-order chi connectivity index (χ0) is 13.5. The fourth-order valence-corrected chi connectivity index (χ4v) is 1.68. The van der Waals surface area contributed by atoms with E-state index in [4.69, 9.17) is 5.73 Å². The Balaban J connectivity index is 2.58. The highest BCUT2D eigenvalue weighted by Gasteiger charge is 2.08. The van der Waals surface area contributed by atoms with Crippen LogP contribution in [0.2, 0.25) is 0 Å². The average molecular weight is 249 g/mol. The number of amides is 1. The molecule has 18 heavy (non-hydrogen) atoms. The molecule has 1 amide bonds. The van der Waals surface area contributed by atoms with Crippen molar-refractivity contribution in [3.8, 4) is 0 Å². The number of benzene rings is 1. The monoisotopic (exact) mass is 249 g/mol. The van der Waals surface area contributed by atoms with E-state index in [2.05, 4.69) is 12.2 Å². The van der Waals surface area contributed by atoms with Crippen molar-refractivity contribution in [2.24, 2.45) is 11.7 Å². The van der Waals surface area contributed by atoms with E-state index in [9.17, 15) is 4.79 Å². The van der Waals surface area contributed by atoms with Gasteiger partial charge >= 0.3 is 0 Å². The van der Waals surface area contributed by atoms with E-state index < -0.39 is 0 Å². The summed E-state index contributed by atoms with van der Waals surface area (Å²) in [6, 6.07) is 7.60. The number of nitrogens with two attached hydrogens (primary N) is 1. The van der Waals surface area contributed by atoms with E-state index in [0.717, 1.165) is 12.1 Å². The first-order chi connectivity index (χ1) is 8.54. The minimum Gasteiger partial charge on any atom is -0.378 e. The van der Waals surface area contributed by atoms with Crippen LogP contribution in [0, 0.1) is 5.92 Å². The normalized spacial score (nSPS) is 12.0. The SMILES string of the molecule is CC(CCN)CNC(=O)c1cccc(N(C)C)c1. The van der Waals surface area contributed by atoms with Crippen LogP contribution in [0.1, 0.15) is 23.7 Å². The molecule has 0 heterocycles. The van der Waals surface area contributed by atoms with Gasteiger partial charge in [-0.2, -0.15) is 0 Å². The lowest BCUT2D eigenvalue weighted by molar-refractivity contribution is 0.0947. The fourth-order valence-electron chi connectivity index (χ4n) is 1.68. The number of nitrogens with one attached hydrogen (secondary N) is 1. The minimum absolute atomic E-state index is 0.0254. The number of anilines is 1. The summed E-state index contributed by atoms with van der Waals surface area (Å²) in [6.45, 7) is 3.42. The second-order valence-electron chi connectivity index (χ2n) is 4.84. The second kappa shape index (κ2) is 7.01. The number of rotatable bonds is 6. The Bertz CT molecular complexity index is 390. The zero-order valence-electron chi connectivity index (χ0n) is 11.4. The summed E-state index contributed by atoms with van der Waals surface area (Å²) in [5.74, 6) is 0.388. The number of carbonyl (C=O) groups is 1. The summed E-state index contributed by atoms with van der Waals surface area (Å²) in [7, 11) is 3.92. The molecule has 0 saturated heterocycles. The molecule has 0 aliphatic heterocycles. The Morgan fingerprint density at radius 3 is 2.78 bits per heavy atom. The molecule has 0 aliphatic rings. The van der Waals surface area contributed by atoms with Gasteiger partial charge in [0.05, 0.1) is 0 Å². The van der Waals surface area contributed by atoms with E-state index in [-0.39, 0.29) is 5.91 Å². The minimum atomic E-state index is -0.0254. The first-order valence-corrected chi connectivity index (χ1v) is 6.30. The van der Waals surface area contributed by atoms with Gasteiger partial charge in [0.15, 0.2) is 0 Å². The molecule has 3 N–H and O–H groups in total. The lowest BCUT2D eigenvalue weighted by atomic mass is 10.1. The summed E-state index contributed by atoms with van der Waals surface area (Å²) in [6.07, 6.45) is 0.929. The summed E-state index contributed by atoms with van der Waals surface area (Å²) in [5, 5.41) is 2.94. The molecule has 0 aromatic heterocycles. The smallest absolute Gasteiger partial charge is 0.251 e. The fraction of sp³-hybridized carbons (Fsp3) is 0.500. The highest BCUT2D eigenvalue weighted by atomic mass is 16.1. The predicted octanol–water partition coefficient (Wildman–Crippen LogP) is 1.47. The molecule has 1 aromatic rings. The van der Waals surface area contributed by atoms with Crippen molar-refractivity contribution in [1.82, 2.24) is 5.32 Å². The number of carbonyl (C=O) groups excluding carboxylic acids is 1. The zero-order valence-corrected chi connectivity index (χ0v) is 11.4. The van der Waals surface area contributed by atoms with Crippen LogP contribution in [-0.2, 0) is 0 Å². The van der Waals surface area contributed by atoms with Crippen LogP contribution in [0.15, 0.2) is 24.3 Å². The summed E-state index contributed by atoms with van der Waals surface area (Å²) in [4.78, 5) is 13.9. The molecule has 4 heteroatoms. The van der Waals surface area contributed by atoms with Crippen molar-refractivity contribution in [1.29, 1.82) is 0 Å². The van der Waals surface area contributed by atoms with Crippen LogP contribution in [-0.4, -0.2) is 33.1 Å². The van der Waals surface area contributed by atoms with Gasteiger partial charge in [-0.05, 0) is 37.1 Å². The quantitative estimate of drug-likeness (QED) is 0.802. The highest BCUT2D eigenvalue weighted by molar-refractivity contribution is 5.95. The van der Waals surface area contributed by atoms with Crippen molar-refractivity contribution >= 4 is 11.6 Å². The molecule has 1 unspecified atom stereocenters. The third-order valence-corrected chi connectivity index (χ3v) is 2.90. The largest absolute Gasteiger partial charge is 0.378 e. The van der Waals surface area contributed by atoms with Crippen LogP contribution in [0.4, 0.5) is 5.69 Å². The Morgan fingerprint density at radius 1 is 1.44 bits per heavy atom. The third-order valence-electron chi connectivity index (χ3n) is 2.90. The number of nitrogens with zero attached hydrogens (tertiary/aromatic N) is 1. The lowest BCUT2D eigenvalue weighted by Gasteiger charge is -2.14. The van der Waals surface area contributed by atoms with Crippen molar-refractivity contribution in [3.63, 3.8) is 0 Å². The average Bonchev–Trinajstić information content (AvgIpc) is 2.36. The van der Waals surface area contributed by atoms with Gasteiger partial charge in [-0.1, -0.05) is 13.0 Å². The summed E-state index contributed by atoms with van der Waals surface area (Å²) >= 11 is 0. The van der Waals surface area contributed by atoms with Crippen molar-refractivity contribution in [2.75, 3.05) is 32.1 Å². The van der Waals surface area contributed by atoms with E-state index in [0.29, 0.717) is 24.6 Å². The van der Waals surface area contributed by atoms with Gasteiger partial charge in [0, 0.05) is 31.9 Å². The molecular weight excluding hydrogens is 226 g/mol. The van der Waals surface area contributed by atoms with Crippen molar-refractivity contribution in [3.05, 3.63) is 29.8 Å². The molecule has 4 nitrogen and oxygen atoms in total. The molecule has 100 valence electrons. The van der Waals surface area contributed by atoms with Crippen LogP contribution in [0.25, 0.3) is 0 Å². The summed E-state index contributed by atoms with van der Waals surface area (Å²) < 4.78 is 0. The van der Waals surface area contributed by atoms with Gasteiger partial charge in [0.2, 0.25) is 0 Å². The molecule has 0 fully saturated rings. The molecule has 0 aliphatic carbocycles. The third kappa shape index (κ3) is 4.37. The van der Waals surface area contributed by atoms with Crippen LogP contribution in [0.5, 0.6) is 0 Å². The van der Waals surface area contributed by atoms with Gasteiger partial charge in [-0.3, -0.25) is 4.79 Å². The molecule has 1 aromatic carbocycles. The molecular formula is C14H23N3O. The maximum atomic E-state index is 12.0. The summed E-state index contributed by atoms with van der Waals surface area (Å²) in [5.41, 5.74) is 7.20. The maximum Gasteiger partial charge on any atom is 0.251 e. The highest BCUT2D eigenvalue weighted by Crippen LogP contribution is 2.13. The lowest BCUT2D eigenvalue weighted by Crippen LogP contribution is -2.29. The van der Waals surface area contributed by atoms with Crippen LogP contribution >= 0.6 is 0 Å². The van der Waals surface area contributed by atoms with E-state index in [1.54, 1.807) is 0 Å². The van der Waals surface area contributed by atoms with Gasteiger partial charge < -0.3 is 16.0 Å². The van der Waals surface area contributed by atoms with Gasteiger partial charge in [-0.15, -0.1) is 0 Å². The molecule has 0 radical (unpaired) electrons. The molecule has 0 spiro atoms. The molecule has 0 saturated carbocycles. The van der Waals surface area contributed by atoms with E-state index >= 15 is 0 Å². The Morgan fingerprint density at radius 2 is 2.17 bits per heavy atom. The van der Waals surface area contributed by atoms with Gasteiger partial charge in [-0.25, -0.2) is 0 Å². The van der Waals surface area contributed by atoms with Crippen molar-refractivity contribution in [2.45, 2.75) is 13.3 Å². The van der Waals surface area contributed by atoms with E-state index in [1.807, 2.05) is 43.3 Å². The van der Waals surface area contributed by atoms with Crippen LogP contribution < -0.4 is 16.0 Å².